The van der Waals surface area contributed by atoms with Crippen molar-refractivity contribution in [3.63, 3.8) is 0 Å². The van der Waals surface area contributed by atoms with E-state index in [1.165, 1.54) is 6.07 Å². The molecule has 0 amide bonds. The summed E-state index contributed by atoms with van der Waals surface area (Å²) in [4.78, 5) is 4.22. The lowest BCUT2D eigenvalue weighted by molar-refractivity contribution is 0.315. The van der Waals surface area contributed by atoms with Crippen molar-refractivity contribution in [2.24, 2.45) is 5.90 Å². The molecular formula is C6H5BrFNO. The largest absolute Gasteiger partial charge is 0.408 e. The molecule has 4 heteroatoms. The number of hydrogen-bond donors (Lipinski definition) is 1. The van der Waals surface area contributed by atoms with Crippen LogP contribution < -0.4 is 10.7 Å². The lowest BCUT2D eigenvalue weighted by atomic mass is 10.3. The summed E-state index contributed by atoms with van der Waals surface area (Å²) in [7, 11) is 0. The van der Waals surface area contributed by atoms with Crippen LogP contribution in [-0.4, -0.2) is 0 Å². The number of halogens is 2. The van der Waals surface area contributed by atoms with Gasteiger partial charge >= 0.3 is 0 Å². The molecule has 1 aromatic carbocycles. The number of rotatable bonds is 1. The average molecular weight is 206 g/mol. The zero-order chi connectivity index (χ0) is 7.56. The summed E-state index contributed by atoms with van der Waals surface area (Å²) in [5.41, 5.74) is 0. The second-order valence-electron chi connectivity index (χ2n) is 1.67. The molecule has 2 N–H and O–H groups in total. The summed E-state index contributed by atoms with van der Waals surface area (Å²) in [5, 5.41) is 0. The molecule has 0 saturated heterocycles. The van der Waals surface area contributed by atoms with Crippen molar-refractivity contribution < 1.29 is 9.23 Å². The quantitative estimate of drug-likeness (QED) is 0.711. The van der Waals surface area contributed by atoms with Crippen molar-refractivity contribution in [2.75, 3.05) is 0 Å². The molecule has 54 valence electrons. The fraction of sp³-hybridized carbons (Fsp3) is 0. The Morgan fingerprint density at radius 3 is 2.70 bits per heavy atom. The second-order valence-corrected chi connectivity index (χ2v) is 2.52. The Balaban J connectivity index is 3.14. The molecule has 0 bridgehead atoms. The molecule has 0 fully saturated rings. The Kier molecular flexibility index (Phi) is 2.24. The molecule has 1 rings (SSSR count). The summed E-state index contributed by atoms with van der Waals surface area (Å²) in [6.45, 7) is 0. The van der Waals surface area contributed by atoms with Gasteiger partial charge in [0.15, 0.2) is 11.6 Å². The minimum atomic E-state index is -0.481. The normalized spacial score (nSPS) is 9.50. The molecule has 0 aliphatic heterocycles. The van der Waals surface area contributed by atoms with Gasteiger partial charge in [-0.25, -0.2) is 4.39 Å². The van der Waals surface area contributed by atoms with Gasteiger partial charge in [0.05, 0.1) is 4.47 Å². The first-order valence-corrected chi connectivity index (χ1v) is 3.35. The van der Waals surface area contributed by atoms with Crippen LogP contribution in [0.15, 0.2) is 22.7 Å². The van der Waals surface area contributed by atoms with E-state index in [1.54, 1.807) is 12.1 Å². The lowest BCUT2D eigenvalue weighted by Crippen LogP contribution is -2.03. The summed E-state index contributed by atoms with van der Waals surface area (Å²) in [5.74, 6) is 4.31. The SMILES string of the molecule is NOc1cccc(Br)c1F. The van der Waals surface area contributed by atoms with Crippen molar-refractivity contribution in [1.29, 1.82) is 0 Å². The van der Waals surface area contributed by atoms with E-state index in [0.717, 1.165) is 0 Å². The minimum Gasteiger partial charge on any atom is -0.408 e. The number of nitrogens with two attached hydrogens (primary N) is 1. The van der Waals surface area contributed by atoms with Gasteiger partial charge in [0.2, 0.25) is 0 Å². The highest BCUT2D eigenvalue weighted by molar-refractivity contribution is 9.10. The van der Waals surface area contributed by atoms with Crippen LogP contribution in [-0.2, 0) is 0 Å². The predicted molar refractivity (Wildman–Crippen MR) is 38.9 cm³/mol. The molecule has 0 saturated carbocycles. The van der Waals surface area contributed by atoms with E-state index in [2.05, 4.69) is 20.8 Å². The van der Waals surface area contributed by atoms with Gasteiger partial charge in [-0.2, -0.15) is 5.90 Å². The number of hydrogen-bond acceptors (Lipinski definition) is 2. The maximum Gasteiger partial charge on any atom is 0.183 e. The fourth-order valence-corrected chi connectivity index (χ4v) is 0.923. The molecule has 2 nitrogen and oxygen atoms in total. The molecule has 0 radical (unpaired) electrons. The summed E-state index contributed by atoms with van der Waals surface area (Å²) in [6, 6.07) is 4.65. The van der Waals surface area contributed by atoms with Crippen molar-refractivity contribution in [2.45, 2.75) is 0 Å². The molecule has 0 aromatic heterocycles. The van der Waals surface area contributed by atoms with Crippen molar-refractivity contribution in [1.82, 2.24) is 0 Å². The van der Waals surface area contributed by atoms with Gasteiger partial charge in [0, 0.05) is 0 Å². The van der Waals surface area contributed by atoms with Crippen LogP contribution in [0.4, 0.5) is 4.39 Å². The van der Waals surface area contributed by atoms with Gasteiger partial charge in [-0.15, -0.1) is 0 Å². The highest BCUT2D eigenvalue weighted by Crippen LogP contribution is 2.23. The standard InChI is InChI=1S/C6H5BrFNO/c7-4-2-1-3-5(10-9)6(4)8/h1-3H,9H2. The second kappa shape index (κ2) is 2.98. The van der Waals surface area contributed by atoms with Crippen molar-refractivity contribution in [3.8, 4) is 5.75 Å². The van der Waals surface area contributed by atoms with Crippen molar-refractivity contribution in [3.05, 3.63) is 28.5 Å². The van der Waals surface area contributed by atoms with Crippen LogP contribution in [0.2, 0.25) is 0 Å². The molecule has 10 heavy (non-hydrogen) atoms. The zero-order valence-corrected chi connectivity index (χ0v) is 6.56. The van der Waals surface area contributed by atoms with E-state index in [1.807, 2.05) is 0 Å². The molecule has 0 heterocycles. The van der Waals surface area contributed by atoms with Crippen LogP contribution in [0.25, 0.3) is 0 Å². The molecule has 1 aromatic rings. The fourth-order valence-electron chi connectivity index (χ4n) is 0.575. The van der Waals surface area contributed by atoms with Crippen LogP contribution in [0.3, 0.4) is 0 Å². The molecule has 0 unspecified atom stereocenters. The van der Waals surface area contributed by atoms with Crippen LogP contribution in [0.1, 0.15) is 0 Å². The summed E-state index contributed by atoms with van der Waals surface area (Å²) < 4.78 is 13.1. The van der Waals surface area contributed by atoms with Crippen LogP contribution in [0.5, 0.6) is 5.75 Å². The minimum absolute atomic E-state index is 0.0365. The van der Waals surface area contributed by atoms with Gasteiger partial charge in [-0.3, -0.25) is 0 Å². The first-order valence-electron chi connectivity index (χ1n) is 2.56. The summed E-state index contributed by atoms with van der Waals surface area (Å²) in [6.07, 6.45) is 0. The van der Waals surface area contributed by atoms with Gasteiger partial charge in [0.25, 0.3) is 0 Å². The maximum atomic E-state index is 12.8. The van der Waals surface area contributed by atoms with E-state index < -0.39 is 5.82 Å². The molecule has 0 aliphatic carbocycles. The Bertz CT molecular complexity index is 241. The van der Waals surface area contributed by atoms with E-state index in [4.69, 9.17) is 5.90 Å². The first-order chi connectivity index (χ1) is 4.75. The van der Waals surface area contributed by atoms with Crippen LogP contribution in [0, 0.1) is 5.82 Å². The Labute approximate surface area is 65.9 Å². The third kappa shape index (κ3) is 1.27. The lowest BCUT2D eigenvalue weighted by Gasteiger charge is -1.99. The summed E-state index contributed by atoms with van der Waals surface area (Å²) >= 11 is 2.98. The Hall–Kier alpha value is -0.610. The van der Waals surface area contributed by atoms with E-state index in [9.17, 15) is 4.39 Å². The average Bonchev–Trinajstić information content (AvgIpc) is 1.95. The third-order valence-electron chi connectivity index (χ3n) is 1.04. The van der Waals surface area contributed by atoms with E-state index in [0.29, 0.717) is 4.47 Å². The molecule has 0 aliphatic rings. The van der Waals surface area contributed by atoms with Gasteiger partial charge in [-0.1, -0.05) is 6.07 Å². The first kappa shape index (κ1) is 7.50. The van der Waals surface area contributed by atoms with E-state index in [-0.39, 0.29) is 5.75 Å². The Morgan fingerprint density at radius 1 is 1.50 bits per heavy atom. The number of benzene rings is 1. The monoisotopic (exact) mass is 205 g/mol. The molecule has 0 spiro atoms. The van der Waals surface area contributed by atoms with Crippen LogP contribution >= 0.6 is 15.9 Å². The smallest absolute Gasteiger partial charge is 0.183 e. The van der Waals surface area contributed by atoms with Gasteiger partial charge < -0.3 is 4.84 Å². The third-order valence-corrected chi connectivity index (χ3v) is 1.66. The topological polar surface area (TPSA) is 35.2 Å². The van der Waals surface area contributed by atoms with E-state index >= 15 is 0 Å². The predicted octanol–water partition coefficient (Wildman–Crippen LogP) is 1.84. The Morgan fingerprint density at radius 2 is 2.20 bits per heavy atom. The molecular weight excluding hydrogens is 201 g/mol. The van der Waals surface area contributed by atoms with Gasteiger partial charge in [-0.05, 0) is 28.1 Å². The highest BCUT2D eigenvalue weighted by Gasteiger charge is 2.04. The highest BCUT2D eigenvalue weighted by atomic mass is 79.9. The van der Waals surface area contributed by atoms with Crippen molar-refractivity contribution >= 4 is 15.9 Å². The zero-order valence-electron chi connectivity index (χ0n) is 4.97. The molecule has 0 atom stereocenters. The van der Waals surface area contributed by atoms with Gasteiger partial charge in [0.1, 0.15) is 0 Å². The maximum absolute atomic E-state index is 12.8.